The van der Waals surface area contributed by atoms with Crippen LogP contribution < -0.4 is 10.6 Å². The molecule has 0 saturated carbocycles. The summed E-state index contributed by atoms with van der Waals surface area (Å²) >= 11 is 0. The number of aliphatic carboxylic acids is 1. The molecule has 2 amide bonds. The monoisotopic (exact) mass is 472 g/mol. The number of carboxylic acids is 1. The minimum Gasteiger partial charge on any atom is -0.481 e. The Morgan fingerprint density at radius 1 is 0.943 bits per heavy atom. The van der Waals surface area contributed by atoms with Crippen LogP contribution in [0.4, 0.5) is 10.5 Å². The number of anilines is 1. The van der Waals surface area contributed by atoms with Crippen molar-refractivity contribution >= 4 is 23.7 Å². The van der Waals surface area contributed by atoms with E-state index < -0.39 is 23.9 Å². The zero-order valence-corrected chi connectivity index (χ0v) is 19.7. The lowest BCUT2D eigenvalue weighted by atomic mass is 9.98. The number of nitrogens with one attached hydrogen (secondary N) is 2. The molecule has 3 N–H and O–H groups in total. The molecule has 0 bridgehead atoms. The van der Waals surface area contributed by atoms with Crippen LogP contribution in [0.2, 0.25) is 0 Å². The van der Waals surface area contributed by atoms with Crippen molar-refractivity contribution < 1.29 is 24.2 Å². The Morgan fingerprint density at radius 3 is 2.17 bits per heavy atom. The van der Waals surface area contributed by atoms with E-state index >= 15 is 0 Å². The summed E-state index contributed by atoms with van der Waals surface area (Å²) in [6, 6.07) is 21.2. The average Bonchev–Trinajstić information content (AvgIpc) is 3.18. The second-order valence-corrected chi connectivity index (χ2v) is 8.58. The van der Waals surface area contributed by atoms with E-state index in [2.05, 4.69) is 34.9 Å². The van der Waals surface area contributed by atoms with Gasteiger partial charge in [0.2, 0.25) is 0 Å². The van der Waals surface area contributed by atoms with Gasteiger partial charge in [0.1, 0.15) is 6.61 Å². The Bertz CT molecular complexity index is 1220. The lowest BCUT2D eigenvalue weighted by molar-refractivity contribution is -0.141. The Balaban J connectivity index is 1.41. The first-order chi connectivity index (χ1) is 16.9. The van der Waals surface area contributed by atoms with Gasteiger partial charge in [0.05, 0.1) is 5.92 Å². The van der Waals surface area contributed by atoms with Gasteiger partial charge in [-0.2, -0.15) is 0 Å². The van der Waals surface area contributed by atoms with Crippen molar-refractivity contribution in [2.45, 2.75) is 26.2 Å². The smallest absolute Gasteiger partial charge is 0.411 e. The number of rotatable bonds is 8. The Kier molecular flexibility index (Phi) is 7.15. The van der Waals surface area contributed by atoms with Crippen molar-refractivity contribution in [1.29, 1.82) is 0 Å². The zero-order valence-electron chi connectivity index (χ0n) is 19.7. The predicted octanol–water partition coefficient (Wildman–Crippen LogP) is 5.20. The Morgan fingerprint density at radius 2 is 1.57 bits per heavy atom. The summed E-state index contributed by atoms with van der Waals surface area (Å²) in [4.78, 5) is 36.5. The van der Waals surface area contributed by atoms with E-state index in [1.54, 1.807) is 32.0 Å². The van der Waals surface area contributed by atoms with Gasteiger partial charge in [-0.05, 0) is 53.3 Å². The van der Waals surface area contributed by atoms with Crippen molar-refractivity contribution in [3.63, 3.8) is 0 Å². The molecule has 0 spiro atoms. The molecule has 3 aromatic carbocycles. The average molecular weight is 473 g/mol. The first kappa shape index (κ1) is 24.0. The van der Waals surface area contributed by atoms with Crippen LogP contribution in [0.3, 0.4) is 0 Å². The molecular formula is C28H28N2O5. The summed E-state index contributed by atoms with van der Waals surface area (Å²) in [5, 5.41) is 14.6. The van der Waals surface area contributed by atoms with Gasteiger partial charge in [-0.25, -0.2) is 4.79 Å². The molecule has 35 heavy (non-hydrogen) atoms. The molecule has 4 rings (SSSR count). The highest BCUT2D eigenvalue weighted by Gasteiger charge is 2.29. The summed E-state index contributed by atoms with van der Waals surface area (Å²) in [7, 11) is 0. The third kappa shape index (κ3) is 5.04. The van der Waals surface area contributed by atoms with Gasteiger partial charge in [-0.3, -0.25) is 14.9 Å². The van der Waals surface area contributed by atoms with Crippen LogP contribution in [0.15, 0.2) is 66.7 Å². The van der Waals surface area contributed by atoms with Crippen molar-refractivity contribution in [2.75, 3.05) is 18.5 Å². The summed E-state index contributed by atoms with van der Waals surface area (Å²) in [5.41, 5.74) is 5.95. The first-order valence-electron chi connectivity index (χ1n) is 11.6. The van der Waals surface area contributed by atoms with Gasteiger partial charge in [0, 0.05) is 23.7 Å². The molecular weight excluding hydrogens is 444 g/mol. The third-order valence-corrected chi connectivity index (χ3v) is 6.51. The molecule has 3 aromatic rings. The van der Waals surface area contributed by atoms with Crippen molar-refractivity contribution in [1.82, 2.24) is 5.32 Å². The maximum Gasteiger partial charge on any atom is 0.411 e. The van der Waals surface area contributed by atoms with Gasteiger partial charge in [0.25, 0.3) is 5.91 Å². The quantitative estimate of drug-likeness (QED) is 0.418. The van der Waals surface area contributed by atoms with Gasteiger partial charge < -0.3 is 15.2 Å². The number of carbonyl (C=O) groups excluding carboxylic acids is 2. The van der Waals surface area contributed by atoms with E-state index in [0.29, 0.717) is 23.2 Å². The molecule has 0 saturated heterocycles. The van der Waals surface area contributed by atoms with Crippen LogP contribution in [-0.4, -0.2) is 36.2 Å². The number of fused-ring (bicyclic) bond motifs is 3. The molecule has 0 heterocycles. The van der Waals surface area contributed by atoms with Crippen LogP contribution in [0.5, 0.6) is 0 Å². The fourth-order valence-corrected chi connectivity index (χ4v) is 4.48. The highest BCUT2D eigenvalue weighted by atomic mass is 16.5. The van der Waals surface area contributed by atoms with Crippen LogP contribution in [-0.2, 0) is 9.53 Å². The summed E-state index contributed by atoms with van der Waals surface area (Å²) in [5.74, 6) is -2.04. The van der Waals surface area contributed by atoms with Gasteiger partial charge in [0.15, 0.2) is 0 Å². The van der Waals surface area contributed by atoms with E-state index in [1.807, 2.05) is 24.3 Å². The predicted molar refractivity (Wildman–Crippen MR) is 134 cm³/mol. The van der Waals surface area contributed by atoms with Gasteiger partial charge >= 0.3 is 12.1 Å². The molecule has 1 aliphatic rings. The van der Waals surface area contributed by atoms with E-state index in [4.69, 9.17) is 4.74 Å². The minimum atomic E-state index is -0.949. The summed E-state index contributed by atoms with van der Waals surface area (Å²) < 4.78 is 5.60. The molecule has 0 radical (unpaired) electrons. The van der Waals surface area contributed by atoms with E-state index in [1.165, 1.54) is 0 Å². The van der Waals surface area contributed by atoms with E-state index in [-0.39, 0.29) is 19.1 Å². The number of hydrogen-bond acceptors (Lipinski definition) is 4. The number of carboxylic acid groups (broad SMARTS) is 1. The molecule has 1 aliphatic carbocycles. The molecule has 7 nitrogen and oxygen atoms in total. The van der Waals surface area contributed by atoms with Crippen LogP contribution in [0.1, 0.15) is 46.3 Å². The number of ether oxygens (including phenoxy) is 1. The van der Waals surface area contributed by atoms with Crippen molar-refractivity contribution in [2.24, 2.45) is 5.92 Å². The van der Waals surface area contributed by atoms with Gasteiger partial charge in [-0.15, -0.1) is 0 Å². The normalized spacial score (nSPS) is 12.9. The zero-order chi connectivity index (χ0) is 24.9. The molecule has 1 unspecified atom stereocenters. The molecule has 0 aromatic heterocycles. The highest BCUT2D eigenvalue weighted by molar-refractivity contribution is 5.98. The van der Waals surface area contributed by atoms with E-state index in [0.717, 1.165) is 22.3 Å². The maximum atomic E-state index is 12.7. The number of amides is 2. The van der Waals surface area contributed by atoms with Crippen molar-refractivity contribution in [3.8, 4) is 11.1 Å². The fraction of sp³-hybridized carbons (Fsp3) is 0.250. The number of carbonyl (C=O) groups is 3. The second-order valence-electron chi connectivity index (χ2n) is 8.58. The molecule has 0 aliphatic heterocycles. The molecule has 0 fully saturated rings. The second kappa shape index (κ2) is 10.4. The van der Waals surface area contributed by atoms with Crippen LogP contribution in [0, 0.1) is 12.8 Å². The molecule has 7 heteroatoms. The largest absolute Gasteiger partial charge is 0.481 e. The third-order valence-electron chi connectivity index (χ3n) is 6.51. The number of benzene rings is 3. The van der Waals surface area contributed by atoms with Crippen LogP contribution >= 0.6 is 0 Å². The Labute approximate surface area is 204 Å². The SMILES string of the molecule is CCC(CNC(=O)c1cccc(NC(=O)OCC2c3ccccc3-c3ccccc32)c1C)C(=O)O. The summed E-state index contributed by atoms with van der Waals surface area (Å²) in [6.45, 7) is 3.71. The minimum absolute atomic E-state index is 0.0359. The molecule has 180 valence electrons. The van der Waals surface area contributed by atoms with Crippen LogP contribution in [0.25, 0.3) is 11.1 Å². The standard InChI is InChI=1S/C28H28N2O5/c1-3-18(27(32)33)15-29-26(31)19-13-8-14-25(17(19)2)30-28(34)35-16-24-22-11-6-4-9-20(22)21-10-5-7-12-23(21)24/h4-14,18,24H,3,15-16H2,1-2H3,(H,29,31)(H,30,34)(H,32,33). The topological polar surface area (TPSA) is 105 Å². The summed E-state index contributed by atoms with van der Waals surface area (Å²) in [6.07, 6.45) is -0.192. The Hall–Kier alpha value is -4.13. The lowest BCUT2D eigenvalue weighted by Gasteiger charge is -2.16. The maximum absolute atomic E-state index is 12.7. The fourth-order valence-electron chi connectivity index (χ4n) is 4.48. The number of hydrogen-bond donors (Lipinski definition) is 3. The van der Waals surface area contributed by atoms with Gasteiger partial charge in [-0.1, -0.05) is 61.5 Å². The van der Waals surface area contributed by atoms with E-state index in [9.17, 15) is 19.5 Å². The van der Waals surface area contributed by atoms with Crippen molar-refractivity contribution in [3.05, 3.63) is 89.0 Å². The lowest BCUT2D eigenvalue weighted by Crippen LogP contribution is -2.33. The molecule has 1 atom stereocenters. The first-order valence-corrected chi connectivity index (χ1v) is 11.6. The highest BCUT2D eigenvalue weighted by Crippen LogP contribution is 2.44.